The van der Waals surface area contributed by atoms with Crippen LogP contribution in [0.25, 0.3) is 6.08 Å². The molecule has 1 N–H and O–H groups in total. The first-order chi connectivity index (χ1) is 11.0. The van der Waals surface area contributed by atoms with Crippen molar-refractivity contribution in [2.75, 3.05) is 32.8 Å². The molecule has 0 aromatic heterocycles. The zero-order chi connectivity index (χ0) is 16.7. The number of ether oxygens (including phenoxy) is 1. The highest BCUT2D eigenvalue weighted by atomic mass is 32.2. The van der Waals surface area contributed by atoms with Gasteiger partial charge in [-0.15, -0.1) is 0 Å². The lowest BCUT2D eigenvalue weighted by atomic mass is 10.0. The van der Waals surface area contributed by atoms with Crippen molar-refractivity contribution in [2.24, 2.45) is 5.92 Å². The van der Waals surface area contributed by atoms with Gasteiger partial charge in [0.05, 0.1) is 13.2 Å². The predicted octanol–water partition coefficient (Wildman–Crippen LogP) is 1.93. The molecular weight excluding hydrogens is 312 g/mol. The number of rotatable bonds is 7. The summed E-state index contributed by atoms with van der Waals surface area (Å²) in [6.45, 7) is 7.78. The Morgan fingerprint density at radius 2 is 1.87 bits per heavy atom. The molecule has 1 aliphatic heterocycles. The molecule has 1 fully saturated rings. The van der Waals surface area contributed by atoms with Crippen molar-refractivity contribution >= 4 is 16.1 Å². The van der Waals surface area contributed by atoms with Gasteiger partial charge in [0.25, 0.3) is 0 Å². The molecule has 0 unspecified atom stereocenters. The molecule has 0 spiro atoms. The van der Waals surface area contributed by atoms with E-state index >= 15 is 0 Å². The lowest BCUT2D eigenvalue weighted by molar-refractivity contribution is 0.00778. The average Bonchev–Trinajstić information content (AvgIpc) is 2.55. The maximum absolute atomic E-state index is 12.2. The summed E-state index contributed by atoms with van der Waals surface area (Å²) in [5.74, 6) is 0.369. The standard InChI is InChI=1S/C17H26N2O3S/c1-15(2)17(19-9-11-22-12-10-19)14-18-23(20,21)13-8-16-6-4-3-5-7-16/h3-8,13,15,17-18H,9-12,14H2,1-2H3/b13-8-/t17-/m0/s1. The molecule has 0 aliphatic carbocycles. The van der Waals surface area contributed by atoms with Crippen LogP contribution in [0, 0.1) is 5.92 Å². The quantitative estimate of drug-likeness (QED) is 0.825. The summed E-state index contributed by atoms with van der Waals surface area (Å²) in [6, 6.07) is 9.59. The first-order valence-corrected chi connectivity index (χ1v) is 9.57. The Morgan fingerprint density at radius 3 is 2.48 bits per heavy atom. The van der Waals surface area contributed by atoms with Gasteiger partial charge in [-0.2, -0.15) is 0 Å². The molecule has 0 radical (unpaired) electrons. The Kier molecular flexibility index (Phi) is 6.77. The number of nitrogens with one attached hydrogen (secondary N) is 1. The first kappa shape index (κ1) is 18.1. The van der Waals surface area contributed by atoms with E-state index in [0.29, 0.717) is 25.7 Å². The average molecular weight is 338 g/mol. The van der Waals surface area contributed by atoms with Gasteiger partial charge >= 0.3 is 0 Å². The SMILES string of the molecule is CC(C)[C@H](CNS(=O)(=O)/C=C\c1ccccc1)N1CCOCC1. The smallest absolute Gasteiger partial charge is 0.233 e. The lowest BCUT2D eigenvalue weighted by Crippen LogP contribution is -2.50. The predicted molar refractivity (Wildman–Crippen MR) is 93.4 cm³/mol. The van der Waals surface area contributed by atoms with Crippen molar-refractivity contribution in [2.45, 2.75) is 19.9 Å². The Hall–Kier alpha value is -1.21. The number of benzene rings is 1. The fourth-order valence-electron chi connectivity index (χ4n) is 2.68. The number of morpholine rings is 1. The maximum atomic E-state index is 12.2. The van der Waals surface area contributed by atoms with Crippen LogP contribution in [0.4, 0.5) is 0 Å². The van der Waals surface area contributed by atoms with Gasteiger partial charge in [-0.1, -0.05) is 44.2 Å². The molecule has 0 saturated carbocycles. The highest BCUT2D eigenvalue weighted by molar-refractivity contribution is 7.92. The molecule has 128 valence electrons. The van der Waals surface area contributed by atoms with E-state index in [1.165, 1.54) is 5.41 Å². The van der Waals surface area contributed by atoms with Gasteiger partial charge in [-0.05, 0) is 17.6 Å². The van der Waals surface area contributed by atoms with E-state index in [1.807, 2.05) is 30.3 Å². The van der Waals surface area contributed by atoms with Crippen molar-refractivity contribution in [1.29, 1.82) is 0 Å². The minimum atomic E-state index is -3.44. The summed E-state index contributed by atoms with van der Waals surface area (Å²) in [5, 5.41) is 1.24. The first-order valence-electron chi connectivity index (χ1n) is 8.02. The van der Waals surface area contributed by atoms with Crippen LogP contribution in [0.1, 0.15) is 19.4 Å². The second kappa shape index (κ2) is 8.59. The van der Waals surface area contributed by atoms with Crippen LogP contribution in [-0.4, -0.2) is 52.2 Å². The van der Waals surface area contributed by atoms with Crippen LogP contribution >= 0.6 is 0 Å². The molecule has 23 heavy (non-hydrogen) atoms. The molecular formula is C17H26N2O3S. The molecule has 2 rings (SSSR count). The van der Waals surface area contributed by atoms with E-state index in [1.54, 1.807) is 6.08 Å². The van der Waals surface area contributed by atoms with Crippen molar-refractivity contribution in [3.8, 4) is 0 Å². The zero-order valence-corrected chi connectivity index (χ0v) is 14.6. The third kappa shape index (κ3) is 6.06. The van der Waals surface area contributed by atoms with Crippen molar-refractivity contribution in [1.82, 2.24) is 9.62 Å². The van der Waals surface area contributed by atoms with Crippen LogP contribution in [-0.2, 0) is 14.8 Å². The van der Waals surface area contributed by atoms with Crippen LogP contribution in [0.5, 0.6) is 0 Å². The largest absolute Gasteiger partial charge is 0.379 e. The Bertz CT molecular complexity index is 594. The summed E-state index contributed by atoms with van der Waals surface area (Å²) < 4.78 is 32.4. The monoisotopic (exact) mass is 338 g/mol. The summed E-state index contributed by atoms with van der Waals surface area (Å²) >= 11 is 0. The summed E-state index contributed by atoms with van der Waals surface area (Å²) in [6.07, 6.45) is 1.61. The van der Waals surface area contributed by atoms with E-state index in [-0.39, 0.29) is 6.04 Å². The van der Waals surface area contributed by atoms with Crippen molar-refractivity contribution in [3.05, 3.63) is 41.3 Å². The second-order valence-electron chi connectivity index (χ2n) is 6.07. The molecule has 1 heterocycles. The van der Waals surface area contributed by atoms with Crippen molar-refractivity contribution in [3.63, 3.8) is 0 Å². The topological polar surface area (TPSA) is 58.6 Å². The Labute approximate surface area is 139 Å². The van der Waals surface area contributed by atoms with Crippen LogP contribution in [0.15, 0.2) is 35.7 Å². The fourth-order valence-corrected chi connectivity index (χ4v) is 3.51. The summed E-state index contributed by atoms with van der Waals surface area (Å²) in [7, 11) is -3.44. The van der Waals surface area contributed by atoms with E-state index in [2.05, 4.69) is 23.5 Å². The van der Waals surface area contributed by atoms with Gasteiger partial charge in [0.1, 0.15) is 0 Å². The van der Waals surface area contributed by atoms with Gasteiger partial charge in [0, 0.05) is 31.1 Å². The third-order valence-corrected chi connectivity index (χ3v) is 5.08. The lowest BCUT2D eigenvalue weighted by Gasteiger charge is -2.36. The minimum Gasteiger partial charge on any atom is -0.379 e. The molecule has 1 atom stereocenters. The fraction of sp³-hybridized carbons (Fsp3) is 0.529. The number of nitrogens with zero attached hydrogens (tertiary/aromatic N) is 1. The normalized spacial score (nSPS) is 18.6. The third-order valence-electron chi connectivity index (χ3n) is 4.02. The van der Waals surface area contributed by atoms with Crippen LogP contribution in [0.2, 0.25) is 0 Å². The highest BCUT2D eigenvalue weighted by Gasteiger charge is 2.24. The molecule has 0 amide bonds. The van der Waals surface area contributed by atoms with E-state index < -0.39 is 10.0 Å². The number of sulfonamides is 1. The molecule has 1 aromatic rings. The minimum absolute atomic E-state index is 0.179. The van der Waals surface area contributed by atoms with Gasteiger partial charge in [0.2, 0.25) is 10.0 Å². The number of hydrogen-bond donors (Lipinski definition) is 1. The molecule has 6 heteroatoms. The maximum Gasteiger partial charge on any atom is 0.233 e. The second-order valence-corrected chi connectivity index (χ2v) is 7.72. The van der Waals surface area contributed by atoms with Gasteiger partial charge in [-0.25, -0.2) is 13.1 Å². The van der Waals surface area contributed by atoms with Crippen molar-refractivity contribution < 1.29 is 13.2 Å². The van der Waals surface area contributed by atoms with Crippen LogP contribution < -0.4 is 4.72 Å². The molecule has 1 aromatic carbocycles. The van der Waals surface area contributed by atoms with E-state index in [0.717, 1.165) is 18.7 Å². The molecule has 0 bridgehead atoms. The molecule has 1 saturated heterocycles. The molecule has 1 aliphatic rings. The zero-order valence-electron chi connectivity index (χ0n) is 13.8. The van der Waals surface area contributed by atoms with Gasteiger partial charge < -0.3 is 4.74 Å². The van der Waals surface area contributed by atoms with E-state index in [9.17, 15) is 8.42 Å². The van der Waals surface area contributed by atoms with E-state index in [4.69, 9.17) is 4.74 Å². The number of hydrogen-bond acceptors (Lipinski definition) is 4. The molecule has 5 nitrogen and oxygen atoms in total. The Morgan fingerprint density at radius 1 is 1.22 bits per heavy atom. The summed E-state index contributed by atoms with van der Waals surface area (Å²) in [4.78, 5) is 2.30. The van der Waals surface area contributed by atoms with Crippen LogP contribution in [0.3, 0.4) is 0 Å². The summed E-state index contributed by atoms with van der Waals surface area (Å²) in [5.41, 5.74) is 0.867. The van der Waals surface area contributed by atoms with Gasteiger partial charge in [-0.3, -0.25) is 4.90 Å². The highest BCUT2D eigenvalue weighted by Crippen LogP contribution is 2.13. The Balaban J connectivity index is 1.94. The van der Waals surface area contributed by atoms with Gasteiger partial charge in [0.15, 0.2) is 0 Å².